The van der Waals surface area contributed by atoms with Crippen LogP contribution in [-0.2, 0) is 10.9 Å². The Morgan fingerprint density at radius 1 is 0.860 bits per heavy atom. The highest BCUT2D eigenvalue weighted by molar-refractivity contribution is 5.91. The molecule has 1 aromatic heterocycles. The Labute approximate surface area is 291 Å². The fourth-order valence-electron chi connectivity index (χ4n) is 7.17. The molecule has 0 saturated carbocycles. The van der Waals surface area contributed by atoms with Crippen LogP contribution in [0, 0.1) is 0 Å². The summed E-state index contributed by atoms with van der Waals surface area (Å²) in [6.45, 7) is 7.68. The molecule has 2 saturated heterocycles. The average Bonchev–Trinajstić information content (AvgIpc) is 3.83. The fraction of sp³-hybridized carbons (Fsp3) is 0.350. The number of hydrogen-bond acceptors (Lipinski definition) is 7. The lowest BCUT2D eigenvalue weighted by Gasteiger charge is -2.23. The molecule has 3 heterocycles. The number of anilines is 1. The van der Waals surface area contributed by atoms with Gasteiger partial charge in [0.05, 0.1) is 18.2 Å². The molecular weight excluding hydrogens is 639 g/mol. The number of fused-ring (bicyclic) bond motifs is 2. The maximum Gasteiger partial charge on any atom is 0.417 e. The number of methoxy groups -OCH3 is 1. The monoisotopic (exact) mass is 683 g/mol. The fourth-order valence-corrected chi connectivity index (χ4v) is 7.17. The molecule has 0 radical (unpaired) electrons. The van der Waals surface area contributed by atoms with Crippen molar-refractivity contribution in [1.29, 1.82) is 0 Å². The maximum absolute atomic E-state index is 13.5. The van der Waals surface area contributed by atoms with Crippen LogP contribution in [0.25, 0.3) is 21.5 Å². The Balaban J connectivity index is 0.000000202. The van der Waals surface area contributed by atoms with Crippen molar-refractivity contribution in [3.05, 3.63) is 119 Å². The first-order valence-electron chi connectivity index (χ1n) is 17.2. The van der Waals surface area contributed by atoms with E-state index in [0.717, 1.165) is 38.9 Å². The molecule has 2 fully saturated rings. The number of esters is 1. The first-order valence-corrected chi connectivity index (χ1v) is 17.2. The van der Waals surface area contributed by atoms with Crippen molar-refractivity contribution in [2.24, 2.45) is 0 Å². The van der Waals surface area contributed by atoms with Gasteiger partial charge in [-0.05, 0) is 72.0 Å². The predicted molar refractivity (Wildman–Crippen MR) is 193 cm³/mol. The maximum atomic E-state index is 13.5. The van der Waals surface area contributed by atoms with Crippen molar-refractivity contribution in [3.63, 3.8) is 0 Å². The highest BCUT2D eigenvalue weighted by Gasteiger charge is 2.37. The third kappa shape index (κ3) is 8.09. The van der Waals surface area contributed by atoms with Crippen molar-refractivity contribution >= 4 is 33.3 Å². The van der Waals surface area contributed by atoms with E-state index in [0.29, 0.717) is 25.2 Å². The summed E-state index contributed by atoms with van der Waals surface area (Å²) in [7, 11) is 1.05. The van der Waals surface area contributed by atoms with Gasteiger partial charge in [0.25, 0.3) is 0 Å². The topological polar surface area (TPSA) is 78.5 Å². The molecule has 0 aliphatic carbocycles. The lowest BCUT2D eigenvalue weighted by Crippen LogP contribution is -2.34. The normalized spacial score (nSPS) is 18.9. The third-order valence-electron chi connectivity index (χ3n) is 9.72. The van der Waals surface area contributed by atoms with Gasteiger partial charge < -0.3 is 25.6 Å². The lowest BCUT2D eigenvalue weighted by atomic mass is 9.99. The molecule has 0 spiro atoms. The summed E-state index contributed by atoms with van der Waals surface area (Å²) >= 11 is 0. The average molecular weight is 684 g/mol. The largest absolute Gasteiger partial charge is 0.465 e. The Hall–Kier alpha value is -4.51. The minimum absolute atomic E-state index is 0.0754. The number of nitrogens with zero attached hydrogens (tertiary/aromatic N) is 2. The van der Waals surface area contributed by atoms with Crippen molar-refractivity contribution in [1.82, 2.24) is 20.9 Å². The number of halogens is 3. The first-order chi connectivity index (χ1) is 24.1. The number of hydrogen-bond donors (Lipinski definition) is 3. The quantitative estimate of drug-likeness (QED) is 0.144. The Morgan fingerprint density at radius 3 is 2.00 bits per heavy atom. The smallest absolute Gasteiger partial charge is 0.417 e. The van der Waals surface area contributed by atoms with Crippen molar-refractivity contribution in [3.8, 4) is 0 Å². The molecular formula is C40H44F3N5O2. The summed E-state index contributed by atoms with van der Waals surface area (Å²) in [5, 5.41) is 15.8. The van der Waals surface area contributed by atoms with Gasteiger partial charge in [-0.15, -0.1) is 0 Å². The number of ether oxygens (including phenoxy) is 1. The van der Waals surface area contributed by atoms with E-state index in [9.17, 15) is 18.0 Å². The molecule has 4 aromatic carbocycles. The minimum Gasteiger partial charge on any atom is -0.465 e. The summed E-state index contributed by atoms with van der Waals surface area (Å²) in [6, 6.07) is 31.7. The minimum atomic E-state index is -4.68. The van der Waals surface area contributed by atoms with Crippen LogP contribution in [0.2, 0.25) is 0 Å². The molecule has 0 amide bonds. The number of benzene rings is 4. The van der Waals surface area contributed by atoms with Crippen LogP contribution in [0.3, 0.4) is 0 Å². The summed E-state index contributed by atoms with van der Waals surface area (Å²) in [5.41, 5.74) is 0.971. The third-order valence-corrected chi connectivity index (χ3v) is 9.72. The van der Waals surface area contributed by atoms with Crippen LogP contribution in [0.5, 0.6) is 0 Å². The van der Waals surface area contributed by atoms with Gasteiger partial charge in [-0.3, -0.25) is 0 Å². The van der Waals surface area contributed by atoms with E-state index in [2.05, 4.69) is 106 Å². The number of nitrogens with one attached hydrogen (secondary N) is 3. The highest BCUT2D eigenvalue weighted by atomic mass is 19.4. The number of carbonyl (C=O) groups is 1. The zero-order chi connectivity index (χ0) is 35.3. The van der Waals surface area contributed by atoms with Crippen LogP contribution in [-0.4, -0.2) is 56.3 Å². The number of aromatic nitrogens is 1. The van der Waals surface area contributed by atoms with E-state index in [-0.39, 0.29) is 17.9 Å². The summed E-state index contributed by atoms with van der Waals surface area (Å²) in [6.07, 6.45) is -1.73. The lowest BCUT2D eigenvalue weighted by molar-refractivity contribution is -0.138. The summed E-state index contributed by atoms with van der Waals surface area (Å²) in [5.74, 6) is -0.853. The summed E-state index contributed by atoms with van der Waals surface area (Å²) in [4.78, 5) is 17.7. The zero-order valence-corrected chi connectivity index (χ0v) is 28.6. The van der Waals surface area contributed by atoms with Crippen molar-refractivity contribution in [2.45, 2.75) is 57.0 Å². The molecule has 7 rings (SSSR count). The van der Waals surface area contributed by atoms with Gasteiger partial charge in [-0.2, -0.15) is 13.2 Å². The number of rotatable bonds is 8. The predicted octanol–water partition coefficient (Wildman–Crippen LogP) is 7.82. The van der Waals surface area contributed by atoms with Crippen LogP contribution in [0.4, 0.5) is 19.0 Å². The number of pyridine rings is 1. The van der Waals surface area contributed by atoms with Crippen LogP contribution in [0.15, 0.2) is 97.2 Å². The number of alkyl halides is 3. The second kappa shape index (κ2) is 15.6. The Bertz CT molecular complexity index is 1920. The second-order valence-electron chi connectivity index (χ2n) is 13.1. The highest BCUT2D eigenvalue weighted by Crippen LogP contribution is 2.35. The van der Waals surface area contributed by atoms with Gasteiger partial charge in [0.15, 0.2) is 0 Å². The number of carbonyl (C=O) groups excluding carboxylic acids is 1. The molecule has 0 unspecified atom stereocenters. The molecule has 3 N–H and O–H groups in total. The van der Waals surface area contributed by atoms with Gasteiger partial charge in [0, 0.05) is 50.0 Å². The molecule has 5 aromatic rings. The van der Waals surface area contributed by atoms with E-state index >= 15 is 0 Å². The van der Waals surface area contributed by atoms with E-state index in [4.69, 9.17) is 0 Å². The van der Waals surface area contributed by atoms with Crippen LogP contribution in [0.1, 0.15) is 65.8 Å². The van der Waals surface area contributed by atoms with Gasteiger partial charge in [-0.1, -0.05) is 84.9 Å². The molecule has 7 nitrogen and oxygen atoms in total. The van der Waals surface area contributed by atoms with Gasteiger partial charge in [-0.25, -0.2) is 9.78 Å². The SMILES string of the molecule is COC(=O)c1cnc(N2CC[C@@H](N[C@H](C)c3cccc4ccccc34)C2)cc1C(F)(F)F.C[C@@H](N[C@@H]1CCNC1)c1cccc2ccccc12. The van der Waals surface area contributed by atoms with Gasteiger partial charge in [0.1, 0.15) is 5.82 Å². The Kier molecular flexibility index (Phi) is 11.0. The van der Waals surface area contributed by atoms with Crippen molar-refractivity contribution in [2.75, 3.05) is 38.2 Å². The first kappa shape index (κ1) is 35.3. The van der Waals surface area contributed by atoms with Gasteiger partial charge in [0.2, 0.25) is 0 Å². The molecule has 10 heteroatoms. The molecule has 2 aliphatic heterocycles. The zero-order valence-electron chi connectivity index (χ0n) is 28.6. The van der Waals surface area contributed by atoms with E-state index < -0.39 is 23.3 Å². The van der Waals surface area contributed by atoms with Crippen LogP contribution < -0.4 is 20.9 Å². The molecule has 2 aliphatic rings. The van der Waals surface area contributed by atoms with Crippen molar-refractivity contribution < 1.29 is 22.7 Å². The van der Waals surface area contributed by atoms with E-state index in [1.807, 2.05) is 23.1 Å². The van der Waals surface area contributed by atoms with Crippen LogP contribution >= 0.6 is 0 Å². The van der Waals surface area contributed by atoms with E-state index in [1.54, 1.807) is 0 Å². The Morgan fingerprint density at radius 2 is 1.44 bits per heavy atom. The summed E-state index contributed by atoms with van der Waals surface area (Å²) < 4.78 is 45.0. The van der Waals surface area contributed by atoms with E-state index in [1.165, 1.54) is 39.1 Å². The molecule has 0 bridgehead atoms. The standard InChI is InChI=1S/C24H24F3N3O2.C16H20N2/c1-15(18-9-5-7-16-6-3-4-8-19(16)18)29-17-10-11-30(14-17)22-12-21(24(25,26)27)20(13-28-22)23(31)32-2;1-12(18-14-9-10-17-11-14)15-8-4-6-13-5-2-3-7-16(13)15/h3-9,12-13,15,17,29H,10-11,14H2,1-2H3;2-8,12,14,17-18H,9-11H2,1H3/t15-,17-;12-,14-/m11/s1. The van der Waals surface area contributed by atoms with Gasteiger partial charge >= 0.3 is 12.1 Å². The second-order valence-corrected chi connectivity index (χ2v) is 13.1. The molecule has 262 valence electrons. The molecule has 4 atom stereocenters. The molecule has 50 heavy (non-hydrogen) atoms.